The van der Waals surface area contributed by atoms with Gasteiger partial charge < -0.3 is 64.5 Å². The number of esters is 1. The predicted octanol–water partition coefficient (Wildman–Crippen LogP) is -2.24. The van der Waals surface area contributed by atoms with Gasteiger partial charge in [0.05, 0.1) is 17.6 Å². The third-order valence-electron chi connectivity index (χ3n) is 8.89. The molecule has 37 heavy (non-hydrogen) atoms. The number of aliphatic hydroxyl groups excluding tert-OH is 4. The van der Waals surface area contributed by atoms with Crippen LogP contribution in [0.25, 0.3) is 0 Å². The van der Waals surface area contributed by atoms with Gasteiger partial charge in [-0.1, -0.05) is 0 Å². The number of carbonyl (C=O) groups is 1. The van der Waals surface area contributed by atoms with E-state index in [0.29, 0.717) is 0 Å². The summed E-state index contributed by atoms with van der Waals surface area (Å²) in [5.74, 6) is -5.35. The molecule has 204 valence electrons. The van der Waals surface area contributed by atoms with E-state index in [2.05, 4.69) is 0 Å². The van der Waals surface area contributed by atoms with E-state index in [1.807, 2.05) is 0 Å². The van der Waals surface area contributed by atoms with Gasteiger partial charge in [0, 0.05) is 12.3 Å². The van der Waals surface area contributed by atoms with Crippen LogP contribution in [0.2, 0.25) is 0 Å². The number of aromatic hydroxyl groups is 3. The van der Waals surface area contributed by atoms with Crippen molar-refractivity contribution in [2.75, 3.05) is 13.2 Å². The van der Waals surface area contributed by atoms with Crippen LogP contribution in [-0.2, 0) is 23.7 Å². The second-order valence-corrected chi connectivity index (χ2v) is 10.7. The van der Waals surface area contributed by atoms with Crippen molar-refractivity contribution in [3.63, 3.8) is 0 Å². The molecule has 0 spiro atoms. The molecule has 0 radical (unpaired) electrons. The fourth-order valence-electron chi connectivity index (χ4n) is 7.01. The SMILES string of the molecule is CC12CC3(O)OC(O1)C1(CO)C3CC21OC1OC(COC(=O)c2cc(O)c(O)c(O)c2)C(O)C(O)C1O. The summed E-state index contributed by atoms with van der Waals surface area (Å²) >= 11 is 0. The Morgan fingerprint density at radius 2 is 1.76 bits per heavy atom. The number of rotatable bonds is 6. The highest BCUT2D eigenvalue weighted by molar-refractivity contribution is 5.91. The Hall–Kier alpha value is -2.27. The Balaban J connectivity index is 1.20. The maximum absolute atomic E-state index is 12.4. The van der Waals surface area contributed by atoms with Crippen molar-refractivity contribution in [1.82, 2.24) is 0 Å². The van der Waals surface area contributed by atoms with Crippen LogP contribution in [0, 0.1) is 11.3 Å². The molecule has 4 saturated heterocycles. The molecular weight excluding hydrogens is 500 g/mol. The zero-order valence-electron chi connectivity index (χ0n) is 19.6. The first-order chi connectivity index (χ1) is 17.3. The minimum atomic E-state index is -1.76. The Morgan fingerprint density at radius 3 is 2.41 bits per heavy atom. The number of aliphatic hydroxyl groups is 5. The highest BCUT2D eigenvalue weighted by Crippen LogP contribution is 2.81. The first-order valence-corrected chi connectivity index (χ1v) is 11.8. The van der Waals surface area contributed by atoms with Crippen LogP contribution in [0.5, 0.6) is 17.2 Å². The fraction of sp³-hybridized carbons (Fsp3) is 0.696. The van der Waals surface area contributed by atoms with Gasteiger partial charge in [-0.25, -0.2) is 4.79 Å². The normalized spacial score (nSPS) is 49.2. The second-order valence-electron chi connectivity index (χ2n) is 10.7. The van der Waals surface area contributed by atoms with Crippen molar-refractivity contribution < 1.29 is 69.3 Å². The van der Waals surface area contributed by atoms with Gasteiger partial charge in [-0.15, -0.1) is 0 Å². The smallest absolute Gasteiger partial charge is 0.338 e. The first kappa shape index (κ1) is 25.0. The Morgan fingerprint density at radius 1 is 1.08 bits per heavy atom. The second kappa shape index (κ2) is 7.65. The molecule has 11 atom stereocenters. The lowest BCUT2D eigenvalue weighted by Gasteiger charge is -2.67. The number of benzene rings is 1. The van der Waals surface area contributed by atoms with Crippen molar-refractivity contribution >= 4 is 5.97 Å². The standard InChI is InChI=1S/C23H28O14/c1-20-6-22(32)12-4-23(20,21(12,7-24)19(36-20)37-22)35-18-16(30)15(29)14(28)11(34-18)5-33-17(31)8-2-9(25)13(27)10(26)3-8/h2-3,11-12,14-16,18-19,24-30,32H,4-7H2,1H3. The average Bonchev–Trinajstić information content (AvgIpc) is 3.03. The maximum Gasteiger partial charge on any atom is 0.338 e. The van der Waals surface area contributed by atoms with Crippen LogP contribution in [0.3, 0.4) is 0 Å². The molecule has 14 heteroatoms. The van der Waals surface area contributed by atoms with E-state index in [1.54, 1.807) is 6.92 Å². The maximum atomic E-state index is 12.4. The summed E-state index contributed by atoms with van der Waals surface area (Å²) in [5, 5.41) is 81.5. The zero-order valence-corrected chi connectivity index (χ0v) is 19.6. The van der Waals surface area contributed by atoms with E-state index in [1.165, 1.54) is 0 Å². The van der Waals surface area contributed by atoms with E-state index in [9.17, 15) is 45.6 Å². The number of phenolic OH excluding ortho intramolecular Hbond substituents is 3. The van der Waals surface area contributed by atoms with Crippen LogP contribution >= 0.6 is 0 Å². The number of carbonyl (C=O) groups excluding carboxylic acids is 1. The predicted molar refractivity (Wildman–Crippen MR) is 114 cm³/mol. The molecule has 8 rings (SSSR count). The molecule has 8 N–H and O–H groups in total. The third kappa shape index (κ3) is 2.93. The first-order valence-electron chi connectivity index (χ1n) is 11.8. The van der Waals surface area contributed by atoms with E-state index in [-0.39, 0.29) is 18.4 Å². The van der Waals surface area contributed by atoms with Crippen LogP contribution < -0.4 is 0 Å². The van der Waals surface area contributed by atoms with Gasteiger partial charge in [0.25, 0.3) is 0 Å². The molecule has 14 nitrogen and oxygen atoms in total. The van der Waals surface area contributed by atoms with Gasteiger partial charge in [-0.05, 0) is 25.5 Å². The van der Waals surface area contributed by atoms with Gasteiger partial charge in [0.2, 0.25) is 0 Å². The average molecular weight is 528 g/mol. The lowest BCUT2D eigenvalue weighted by Crippen LogP contribution is -2.80. The molecule has 11 unspecified atom stereocenters. The van der Waals surface area contributed by atoms with Crippen LogP contribution in [0.1, 0.15) is 30.1 Å². The molecule has 6 bridgehead atoms. The molecule has 3 aliphatic carbocycles. The van der Waals surface area contributed by atoms with Gasteiger partial charge in [0.1, 0.15) is 42.2 Å². The molecule has 7 fully saturated rings. The molecule has 0 amide bonds. The summed E-state index contributed by atoms with van der Waals surface area (Å²) in [5.41, 5.74) is -3.81. The number of ether oxygens (including phenoxy) is 5. The quantitative estimate of drug-likeness (QED) is 0.144. The highest BCUT2D eigenvalue weighted by atomic mass is 16.8. The van der Waals surface area contributed by atoms with E-state index >= 15 is 0 Å². The largest absolute Gasteiger partial charge is 0.504 e. The van der Waals surface area contributed by atoms with Gasteiger partial charge in [-0.2, -0.15) is 0 Å². The fourth-order valence-corrected chi connectivity index (χ4v) is 7.01. The van der Waals surface area contributed by atoms with Crippen molar-refractivity contribution in [3.05, 3.63) is 17.7 Å². The Bertz CT molecular complexity index is 1120. The molecule has 4 heterocycles. The molecule has 7 aliphatic rings. The lowest BCUT2D eigenvalue weighted by molar-refractivity contribution is -0.424. The van der Waals surface area contributed by atoms with Gasteiger partial charge in [0.15, 0.2) is 35.6 Å². The minimum Gasteiger partial charge on any atom is -0.504 e. The van der Waals surface area contributed by atoms with Crippen molar-refractivity contribution in [2.24, 2.45) is 11.3 Å². The van der Waals surface area contributed by atoms with Crippen LogP contribution in [0.4, 0.5) is 0 Å². The van der Waals surface area contributed by atoms with Crippen molar-refractivity contribution in [2.45, 2.75) is 73.8 Å². The molecule has 1 aromatic carbocycles. The molecule has 4 aliphatic heterocycles. The monoisotopic (exact) mass is 528 g/mol. The van der Waals surface area contributed by atoms with E-state index in [0.717, 1.165) is 12.1 Å². The number of hydrogen-bond donors (Lipinski definition) is 8. The molecular formula is C23H28O14. The van der Waals surface area contributed by atoms with Crippen LogP contribution in [-0.4, -0.2) is 114 Å². The Labute approximate surface area is 209 Å². The topological polar surface area (TPSA) is 225 Å². The lowest BCUT2D eigenvalue weighted by atomic mass is 9.41. The highest BCUT2D eigenvalue weighted by Gasteiger charge is 2.94. The molecule has 3 saturated carbocycles. The van der Waals surface area contributed by atoms with Gasteiger partial charge >= 0.3 is 5.97 Å². The summed E-state index contributed by atoms with van der Waals surface area (Å²) in [6.07, 6.45) is -8.76. The summed E-state index contributed by atoms with van der Waals surface area (Å²) < 4.78 is 28.8. The summed E-state index contributed by atoms with van der Waals surface area (Å²) in [6.45, 7) is 0.635. The van der Waals surface area contributed by atoms with Crippen molar-refractivity contribution in [3.8, 4) is 17.2 Å². The molecule has 1 aromatic rings. The van der Waals surface area contributed by atoms with Crippen molar-refractivity contribution in [1.29, 1.82) is 0 Å². The third-order valence-corrected chi connectivity index (χ3v) is 8.89. The number of hydrogen-bond acceptors (Lipinski definition) is 14. The zero-order chi connectivity index (χ0) is 26.7. The summed E-state index contributed by atoms with van der Waals surface area (Å²) in [4.78, 5) is 12.4. The summed E-state index contributed by atoms with van der Waals surface area (Å²) in [7, 11) is 0. The summed E-state index contributed by atoms with van der Waals surface area (Å²) in [6, 6.07) is 1.72. The van der Waals surface area contributed by atoms with E-state index < -0.39 is 102 Å². The number of phenols is 3. The van der Waals surface area contributed by atoms with Gasteiger partial charge in [-0.3, -0.25) is 0 Å². The van der Waals surface area contributed by atoms with E-state index in [4.69, 9.17) is 23.7 Å². The molecule has 0 aromatic heterocycles. The Kier molecular flexibility index (Phi) is 5.18. The minimum absolute atomic E-state index is 0.0459. The van der Waals surface area contributed by atoms with Crippen LogP contribution in [0.15, 0.2) is 12.1 Å².